The maximum Gasteiger partial charge on any atom is 0.217 e. The van der Waals surface area contributed by atoms with Gasteiger partial charge in [-0.1, -0.05) is 17.4 Å². The zero-order valence-electron chi connectivity index (χ0n) is 13.1. The lowest BCUT2D eigenvalue weighted by Crippen LogP contribution is -2.36. The fraction of sp³-hybridized carbons (Fsp3) is 0.400. The van der Waals surface area contributed by atoms with E-state index in [-0.39, 0.29) is 30.6 Å². The first-order valence-corrected chi connectivity index (χ1v) is 8.34. The van der Waals surface area contributed by atoms with E-state index in [1.165, 1.54) is 24.3 Å². The van der Waals surface area contributed by atoms with E-state index in [0.717, 1.165) is 5.56 Å². The van der Waals surface area contributed by atoms with Gasteiger partial charge in [0.2, 0.25) is 5.91 Å². The Hall–Kier alpha value is -1.94. The van der Waals surface area contributed by atoms with Crippen molar-refractivity contribution in [3.8, 4) is 10.6 Å². The molecule has 2 atom stereocenters. The van der Waals surface area contributed by atoms with Gasteiger partial charge >= 0.3 is 0 Å². The fourth-order valence-corrected chi connectivity index (χ4v) is 3.18. The summed E-state index contributed by atoms with van der Waals surface area (Å²) in [6, 6.07) is 4.94. The lowest BCUT2D eigenvalue weighted by molar-refractivity contribution is -0.119. The third kappa shape index (κ3) is 3.75. The van der Waals surface area contributed by atoms with Gasteiger partial charge in [-0.05, 0) is 17.7 Å². The molecule has 1 saturated heterocycles. The highest BCUT2D eigenvalue weighted by Crippen LogP contribution is 2.30. The van der Waals surface area contributed by atoms with Crippen LogP contribution < -0.4 is 16.4 Å². The molecule has 0 saturated carbocycles. The van der Waals surface area contributed by atoms with Gasteiger partial charge in [0.1, 0.15) is 17.1 Å². The normalized spacial score (nSPS) is 20.3. The number of carbonyl (C=O) groups is 1. The number of ether oxygens (including phenoxy) is 1. The Kier molecular flexibility index (Phi) is 5.14. The van der Waals surface area contributed by atoms with Crippen molar-refractivity contribution in [2.75, 3.05) is 13.1 Å². The van der Waals surface area contributed by atoms with Gasteiger partial charge in [0, 0.05) is 25.6 Å². The fourth-order valence-electron chi connectivity index (χ4n) is 2.44. The summed E-state index contributed by atoms with van der Waals surface area (Å²) in [7, 11) is 0. The quantitative estimate of drug-likeness (QED) is 0.741. The Morgan fingerprint density at radius 3 is 3.04 bits per heavy atom. The molecule has 3 rings (SSSR count). The minimum absolute atomic E-state index is 0.117. The molecule has 1 aromatic carbocycles. The number of amides is 1. The molecule has 0 spiro atoms. The van der Waals surface area contributed by atoms with Crippen LogP contribution in [0.25, 0.3) is 10.6 Å². The second-order valence-corrected chi connectivity index (χ2v) is 6.47. The average Bonchev–Trinajstić information content (AvgIpc) is 3.22. The van der Waals surface area contributed by atoms with E-state index < -0.39 is 0 Å². The summed E-state index contributed by atoms with van der Waals surface area (Å²) in [6.07, 6.45) is -0.543. The smallest absolute Gasteiger partial charge is 0.217 e. The van der Waals surface area contributed by atoms with Crippen LogP contribution in [-0.2, 0) is 16.1 Å². The molecule has 1 aliphatic heterocycles. The van der Waals surface area contributed by atoms with Crippen molar-refractivity contribution in [3.63, 3.8) is 0 Å². The highest BCUT2D eigenvalue weighted by Gasteiger charge is 2.26. The zero-order valence-corrected chi connectivity index (χ0v) is 13.9. The molecule has 2 aromatic rings. The Labute approximate surface area is 142 Å². The number of halogens is 1. The highest BCUT2D eigenvalue weighted by atomic mass is 32.1. The van der Waals surface area contributed by atoms with Crippen molar-refractivity contribution in [3.05, 3.63) is 34.6 Å². The summed E-state index contributed by atoms with van der Waals surface area (Å²) in [5.74, 6) is -0.491. The molecule has 0 bridgehead atoms. The Bertz CT molecular complexity index is 738. The monoisotopic (exact) mass is 351 g/mol. The third-order valence-corrected chi connectivity index (χ3v) is 4.61. The second-order valence-electron chi connectivity index (χ2n) is 5.40. The molecule has 1 unspecified atom stereocenters. The molecule has 1 amide bonds. The number of aromatic nitrogens is 2. The summed E-state index contributed by atoms with van der Waals surface area (Å²) in [5.41, 5.74) is 6.64. The number of rotatable bonds is 5. The maximum absolute atomic E-state index is 14.4. The largest absolute Gasteiger partial charge is 0.352 e. The number of hydrogen-bond donors (Lipinski definition) is 3. The molecule has 0 aliphatic carbocycles. The topological polar surface area (TPSA) is 102 Å². The molecule has 1 aliphatic rings. The molecule has 1 aromatic heterocycles. The van der Waals surface area contributed by atoms with Crippen LogP contribution in [0.2, 0.25) is 0 Å². The van der Waals surface area contributed by atoms with Crippen molar-refractivity contribution in [2.45, 2.75) is 25.8 Å². The highest BCUT2D eigenvalue weighted by molar-refractivity contribution is 7.14. The van der Waals surface area contributed by atoms with Gasteiger partial charge in [-0.25, -0.2) is 4.39 Å². The number of benzene rings is 1. The van der Waals surface area contributed by atoms with Gasteiger partial charge < -0.3 is 15.8 Å². The maximum atomic E-state index is 14.4. The standard InChI is InChI=1S/C15H18FN5O2S/c1-8(22)18-7-13-19-6-12(23-13)9-2-3-10(11(16)4-9)15-21-20-14(5-17)24-15/h2-4,12-13,19H,5-7,17H2,1H3,(H,18,22)/t12?,13-/m0/s1. The van der Waals surface area contributed by atoms with Crippen LogP contribution in [0.1, 0.15) is 23.6 Å². The van der Waals surface area contributed by atoms with E-state index in [1.807, 2.05) is 6.07 Å². The lowest BCUT2D eigenvalue weighted by Gasteiger charge is -2.13. The van der Waals surface area contributed by atoms with Crippen LogP contribution in [0.4, 0.5) is 4.39 Å². The van der Waals surface area contributed by atoms with Crippen molar-refractivity contribution in [1.29, 1.82) is 0 Å². The number of hydrogen-bond acceptors (Lipinski definition) is 7. The van der Waals surface area contributed by atoms with Crippen LogP contribution in [-0.4, -0.2) is 35.4 Å². The molecule has 24 heavy (non-hydrogen) atoms. The van der Waals surface area contributed by atoms with Gasteiger partial charge in [0.05, 0.1) is 12.6 Å². The molecule has 128 valence electrons. The lowest BCUT2D eigenvalue weighted by atomic mass is 10.1. The second kappa shape index (κ2) is 7.31. The van der Waals surface area contributed by atoms with Gasteiger partial charge in [-0.15, -0.1) is 10.2 Å². The van der Waals surface area contributed by atoms with Gasteiger partial charge in [-0.2, -0.15) is 0 Å². The van der Waals surface area contributed by atoms with Crippen molar-refractivity contribution in [2.24, 2.45) is 5.73 Å². The SMILES string of the molecule is CC(=O)NC[C@H]1NCC(c2ccc(-c3nnc(CN)s3)c(F)c2)O1. The average molecular weight is 351 g/mol. The van der Waals surface area contributed by atoms with E-state index in [1.54, 1.807) is 6.07 Å². The zero-order chi connectivity index (χ0) is 17.1. The van der Waals surface area contributed by atoms with Crippen LogP contribution in [0, 0.1) is 5.82 Å². The van der Waals surface area contributed by atoms with E-state index in [2.05, 4.69) is 20.8 Å². The Balaban J connectivity index is 1.70. The van der Waals surface area contributed by atoms with Crippen molar-refractivity contribution < 1.29 is 13.9 Å². The minimum atomic E-state index is -0.374. The molecule has 1 fully saturated rings. The first-order valence-electron chi connectivity index (χ1n) is 7.52. The van der Waals surface area contributed by atoms with Crippen molar-refractivity contribution >= 4 is 17.2 Å². The van der Waals surface area contributed by atoms with Gasteiger partial charge in [0.25, 0.3) is 0 Å². The van der Waals surface area contributed by atoms with Gasteiger partial charge in [0.15, 0.2) is 5.01 Å². The van der Waals surface area contributed by atoms with Crippen LogP contribution in [0.5, 0.6) is 0 Å². The van der Waals surface area contributed by atoms with E-state index in [0.29, 0.717) is 28.7 Å². The predicted molar refractivity (Wildman–Crippen MR) is 87.5 cm³/mol. The first-order chi connectivity index (χ1) is 11.6. The summed E-state index contributed by atoms with van der Waals surface area (Å²) in [5, 5.41) is 14.9. The molecule has 4 N–H and O–H groups in total. The van der Waals surface area contributed by atoms with E-state index >= 15 is 0 Å². The molecule has 7 nitrogen and oxygen atoms in total. The van der Waals surface area contributed by atoms with Crippen LogP contribution in [0.15, 0.2) is 18.2 Å². The van der Waals surface area contributed by atoms with Crippen LogP contribution >= 0.6 is 11.3 Å². The summed E-state index contributed by atoms with van der Waals surface area (Å²) in [6.45, 7) is 2.66. The number of carbonyl (C=O) groups excluding carboxylic acids is 1. The van der Waals surface area contributed by atoms with Gasteiger partial charge in [-0.3, -0.25) is 10.1 Å². The summed E-state index contributed by atoms with van der Waals surface area (Å²) < 4.78 is 20.2. The number of nitrogens with one attached hydrogen (secondary N) is 2. The number of nitrogens with two attached hydrogens (primary N) is 1. The minimum Gasteiger partial charge on any atom is -0.352 e. The Morgan fingerprint density at radius 1 is 1.54 bits per heavy atom. The predicted octanol–water partition coefficient (Wildman–Crippen LogP) is 0.926. The Morgan fingerprint density at radius 2 is 2.38 bits per heavy atom. The molecule has 9 heteroatoms. The summed E-state index contributed by atoms with van der Waals surface area (Å²) in [4.78, 5) is 10.9. The van der Waals surface area contributed by atoms with E-state index in [4.69, 9.17) is 10.5 Å². The summed E-state index contributed by atoms with van der Waals surface area (Å²) >= 11 is 1.28. The first kappa shape index (κ1) is 16.9. The molecule has 2 heterocycles. The number of nitrogens with zero attached hydrogens (tertiary/aromatic N) is 2. The molecule has 0 radical (unpaired) electrons. The van der Waals surface area contributed by atoms with Crippen LogP contribution in [0.3, 0.4) is 0 Å². The van der Waals surface area contributed by atoms with Crippen molar-refractivity contribution in [1.82, 2.24) is 20.8 Å². The third-order valence-electron chi connectivity index (χ3n) is 3.63. The molecular formula is C15H18FN5O2S. The molecular weight excluding hydrogens is 333 g/mol. The van der Waals surface area contributed by atoms with E-state index in [9.17, 15) is 9.18 Å².